The van der Waals surface area contributed by atoms with Crippen molar-refractivity contribution in [2.45, 2.75) is 45.1 Å². The molecule has 1 unspecified atom stereocenters. The van der Waals surface area contributed by atoms with Crippen LogP contribution >= 0.6 is 0 Å². The molecule has 0 aromatic heterocycles. The molecule has 2 aromatic carbocycles. The predicted octanol–water partition coefficient (Wildman–Crippen LogP) is 4.69. The van der Waals surface area contributed by atoms with Gasteiger partial charge in [0.05, 0.1) is 0 Å². The Morgan fingerprint density at radius 3 is 2.26 bits per heavy atom. The number of benzene rings is 2. The lowest BCUT2D eigenvalue weighted by Crippen LogP contribution is -2.26. The lowest BCUT2D eigenvalue weighted by molar-refractivity contribution is -0.145. The van der Waals surface area contributed by atoms with Crippen molar-refractivity contribution in [2.75, 3.05) is 0 Å². The van der Waals surface area contributed by atoms with Gasteiger partial charge in [0.25, 0.3) is 0 Å². The number of carboxylic acids is 1. The largest absolute Gasteiger partial charge is 0.479 e. The monoisotopic (exact) mass is 312 g/mol. The molecule has 2 rings (SSSR count). The van der Waals surface area contributed by atoms with E-state index in [-0.39, 0.29) is 0 Å². The lowest BCUT2D eigenvalue weighted by atomic mass is 10.1. The van der Waals surface area contributed by atoms with Crippen LogP contribution in [-0.2, 0) is 11.2 Å². The van der Waals surface area contributed by atoms with E-state index in [1.165, 1.54) is 11.1 Å². The molecule has 2 aromatic rings. The van der Waals surface area contributed by atoms with E-state index in [0.717, 1.165) is 25.7 Å². The molecule has 23 heavy (non-hydrogen) atoms. The van der Waals surface area contributed by atoms with Crippen LogP contribution in [0.3, 0.4) is 0 Å². The van der Waals surface area contributed by atoms with Gasteiger partial charge in [0.1, 0.15) is 5.75 Å². The van der Waals surface area contributed by atoms with E-state index >= 15 is 0 Å². The number of hydrogen-bond acceptors (Lipinski definition) is 2. The van der Waals surface area contributed by atoms with Crippen molar-refractivity contribution in [3.63, 3.8) is 0 Å². The van der Waals surface area contributed by atoms with Crippen LogP contribution in [0.1, 0.15) is 43.7 Å². The molecule has 0 saturated carbocycles. The fourth-order valence-electron chi connectivity index (χ4n) is 2.49. The fourth-order valence-corrected chi connectivity index (χ4v) is 2.49. The SMILES string of the molecule is CCCCCC(Oc1ccc(Cc2ccccc2)cc1)C(=O)O. The first-order chi connectivity index (χ1) is 11.2. The Morgan fingerprint density at radius 2 is 1.65 bits per heavy atom. The number of carboxylic acid groups (broad SMARTS) is 1. The molecular weight excluding hydrogens is 288 g/mol. The van der Waals surface area contributed by atoms with Crippen LogP contribution in [0.25, 0.3) is 0 Å². The van der Waals surface area contributed by atoms with E-state index in [4.69, 9.17) is 4.74 Å². The van der Waals surface area contributed by atoms with Crippen LogP contribution in [-0.4, -0.2) is 17.2 Å². The van der Waals surface area contributed by atoms with Gasteiger partial charge in [0.2, 0.25) is 0 Å². The lowest BCUT2D eigenvalue weighted by Gasteiger charge is -2.15. The van der Waals surface area contributed by atoms with E-state index in [0.29, 0.717) is 12.2 Å². The van der Waals surface area contributed by atoms with Gasteiger partial charge in [-0.1, -0.05) is 62.2 Å². The van der Waals surface area contributed by atoms with Crippen LogP contribution in [0.5, 0.6) is 5.75 Å². The quantitative estimate of drug-likeness (QED) is 0.683. The maximum Gasteiger partial charge on any atom is 0.344 e. The Bertz CT molecular complexity index is 590. The van der Waals surface area contributed by atoms with Crippen LogP contribution < -0.4 is 4.74 Å². The third-order valence-corrected chi connectivity index (χ3v) is 3.80. The predicted molar refractivity (Wildman–Crippen MR) is 91.9 cm³/mol. The van der Waals surface area contributed by atoms with Gasteiger partial charge in [0.15, 0.2) is 6.10 Å². The Morgan fingerprint density at radius 1 is 1.00 bits per heavy atom. The first-order valence-corrected chi connectivity index (χ1v) is 8.21. The number of ether oxygens (including phenoxy) is 1. The average molecular weight is 312 g/mol. The summed E-state index contributed by atoms with van der Waals surface area (Å²) in [5.41, 5.74) is 2.44. The summed E-state index contributed by atoms with van der Waals surface area (Å²) in [7, 11) is 0. The summed E-state index contributed by atoms with van der Waals surface area (Å²) in [6, 6.07) is 18.0. The van der Waals surface area contributed by atoms with Crippen molar-refractivity contribution in [2.24, 2.45) is 0 Å². The zero-order valence-corrected chi connectivity index (χ0v) is 13.6. The van der Waals surface area contributed by atoms with E-state index in [9.17, 15) is 9.90 Å². The molecule has 0 aliphatic heterocycles. The van der Waals surface area contributed by atoms with E-state index < -0.39 is 12.1 Å². The summed E-state index contributed by atoms with van der Waals surface area (Å²) >= 11 is 0. The molecule has 0 spiro atoms. The summed E-state index contributed by atoms with van der Waals surface area (Å²) in [6.07, 6.45) is 3.62. The number of hydrogen-bond donors (Lipinski definition) is 1. The Labute approximate surface area is 137 Å². The van der Waals surface area contributed by atoms with Gasteiger partial charge < -0.3 is 9.84 Å². The number of unbranched alkanes of at least 4 members (excludes halogenated alkanes) is 2. The average Bonchev–Trinajstić information content (AvgIpc) is 2.56. The molecule has 0 amide bonds. The first kappa shape index (κ1) is 17.1. The second kappa shape index (κ2) is 8.99. The molecule has 0 aliphatic carbocycles. The minimum Gasteiger partial charge on any atom is -0.479 e. The molecule has 0 heterocycles. The number of rotatable bonds is 9. The molecule has 3 nitrogen and oxygen atoms in total. The van der Waals surface area contributed by atoms with Crippen LogP contribution in [0.15, 0.2) is 54.6 Å². The Hall–Kier alpha value is -2.29. The van der Waals surface area contributed by atoms with Gasteiger partial charge in [-0.25, -0.2) is 4.79 Å². The van der Waals surface area contributed by atoms with Crippen molar-refractivity contribution >= 4 is 5.97 Å². The molecule has 0 aliphatic rings. The Balaban J connectivity index is 1.94. The molecule has 0 bridgehead atoms. The maximum absolute atomic E-state index is 11.3. The van der Waals surface area contributed by atoms with Gasteiger partial charge in [-0.15, -0.1) is 0 Å². The minimum atomic E-state index is -0.894. The molecule has 1 atom stereocenters. The maximum atomic E-state index is 11.3. The topological polar surface area (TPSA) is 46.5 Å². The van der Waals surface area contributed by atoms with Gasteiger partial charge in [-0.2, -0.15) is 0 Å². The third kappa shape index (κ3) is 5.78. The smallest absolute Gasteiger partial charge is 0.344 e. The van der Waals surface area contributed by atoms with Crippen LogP contribution in [0.2, 0.25) is 0 Å². The van der Waals surface area contributed by atoms with Crippen molar-refractivity contribution in [1.29, 1.82) is 0 Å². The molecule has 3 heteroatoms. The number of aliphatic carboxylic acids is 1. The van der Waals surface area contributed by atoms with Crippen molar-refractivity contribution < 1.29 is 14.6 Å². The number of carbonyl (C=O) groups is 1. The summed E-state index contributed by atoms with van der Waals surface area (Å²) in [6.45, 7) is 2.10. The van der Waals surface area contributed by atoms with E-state index in [2.05, 4.69) is 19.1 Å². The third-order valence-electron chi connectivity index (χ3n) is 3.80. The minimum absolute atomic E-state index is 0.551. The molecule has 0 radical (unpaired) electrons. The zero-order chi connectivity index (χ0) is 16.5. The van der Waals surface area contributed by atoms with Gasteiger partial charge in [-0.05, 0) is 42.5 Å². The van der Waals surface area contributed by atoms with Crippen molar-refractivity contribution in [1.82, 2.24) is 0 Å². The normalized spacial score (nSPS) is 11.9. The van der Waals surface area contributed by atoms with Gasteiger partial charge in [0, 0.05) is 0 Å². The second-order valence-corrected chi connectivity index (χ2v) is 5.75. The highest BCUT2D eigenvalue weighted by molar-refractivity contribution is 5.72. The summed E-state index contributed by atoms with van der Waals surface area (Å²) < 4.78 is 5.63. The van der Waals surface area contributed by atoms with Crippen molar-refractivity contribution in [3.05, 3.63) is 65.7 Å². The standard InChI is InChI=1S/C20H24O3/c1-2-3-5-10-19(20(21)22)23-18-13-11-17(12-14-18)15-16-8-6-4-7-9-16/h4,6-9,11-14,19H,2-3,5,10,15H2,1H3,(H,21,22). The highest BCUT2D eigenvalue weighted by atomic mass is 16.5. The van der Waals surface area contributed by atoms with Gasteiger partial charge in [-0.3, -0.25) is 0 Å². The van der Waals surface area contributed by atoms with E-state index in [1.807, 2.05) is 42.5 Å². The molecule has 122 valence electrons. The van der Waals surface area contributed by atoms with Crippen LogP contribution in [0, 0.1) is 0 Å². The van der Waals surface area contributed by atoms with Crippen LogP contribution in [0.4, 0.5) is 0 Å². The zero-order valence-electron chi connectivity index (χ0n) is 13.6. The first-order valence-electron chi connectivity index (χ1n) is 8.21. The van der Waals surface area contributed by atoms with Crippen molar-refractivity contribution in [3.8, 4) is 5.75 Å². The fraction of sp³-hybridized carbons (Fsp3) is 0.350. The molecule has 0 saturated heterocycles. The van der Waals surface area contributed by atoms with Gasteiger partial charge >= 0.3 is 5.97 Å². The highest BCUT2D eigenvalue weighted by Gasteiger charge is 2.18. The summed E-state index contributed by atoms with van der Waals surface area (Å²) in [4.78, 5) is 11.3. The van der Waals surface area contributed by atoms with E-state index in [1.54, 1.807) is 0 Å². The highest BCUT2D eigenvalue weighted by Crippen LogP contribution is 2.18. The molecule has 1 N–H and O–H groups in total. The Kier molecular flexibility index (Phi) is 6.67. The molecular formula is C20H24O3. The summed E-state index contributed by atoms with van der Waals surface area (Å²) in [5, 5.41) is 9.26. The molecule has 0 fully saturated rings. The summed E-state index contributed by atoms with van der Waals surface area (Å²) in [5.74, 6) is -0.278. The second-order valence-electron chi connectivity index (χ2n) is 5.75.